The van der Waals surface area contributed by atoms with Gasteiger partial charge < -0.3 is 9.84 Å². The van der Waals surface area contributed by atoms with Crippen LogP contribution in [-0.2, 0) is 11.2 Å². The van der Waals surface area contributed by atoms with E-state index in [0.29, 0.717) is 0 Å². The number of hydrogen-bond acceptors (Lipinski definition) is 2. The highest BCUT2D eigenvalue weighted by Crippen LogP contribution is 2.33. The first-order valence-corrected chi connectivity index (χ1v) is 6.67. The number of benzene rings is 1. The van der Waals surface area contributed by atoms with Gasteiger partial charge in [-0.15, -0.1) is 0 Å². The molecule has 1 aromatic carbocycles. The smallest absolute Gasteiger partial charge is 0.303 e. The van der Waals surface area contributed by atoms with Crippen molar-refractivity contribution in [3.8, 4) is 5.75 Å². The van der Waals surface area contributed by atoms with Gasteiger partial charge in [0, 0.05) is 5.92 Å². The molecule has 0 spiro atoms. The summed E-state index contributed by atoms with van der Waals surface area (Å²) in [5, 5.41) is 8.90. The zero-order valence-electron chi connectivity index (χ0n) is 10.8. The third-order valence-electron chi connectivity index (χ3n) is 3.66. The van der Waals surface area contributed by atoms with Gasteiger partial charge >= 0.3 is 5.97 Å². The Balaban J connectivity index is 2.05. The molecule has 0 aromatic heterocycles. The Morgan fingerprint density at radius 2 is 2.17 bits per heavy atom. The van der Waals surface area contributed by atoms with Crippen molar-refractivity contribution >= 4 is 5.97 Å². The summed E-state index contributed by atoms with van der Waals surface area (Å²) in [6, 6.07) is 8.02. The van der Waals surface area contributed by atoms with E-state index in [0.717, 1.165) is 31.4 Å². The molecule has 0 aliphatic heterocycles. The molecule has 1 aliphatic carbocycles. The molecule has 0 amide bonds. The van der Waals surface area contributed by atoms with Crippen molar-refractivity contribution in [2.75, 3.05) is 0 Å². The van der Waals surface area contributed by atoms with Crippen molar-refractivity contribution in [2.24, 2.45) is 5.92 Å². The summed E-state index contributed by atoms with van der Waals surface area (Å²) in [5.41, 5.74) is 1.19. The summed E-state index contributed by atoms with van der Waals surface area (Å²) in [6.45, 7) is 2.10. The summed E-state index contributed by atoms with van der Waals surface area (Å²) >= 11 is 0. The van der Waals surface area contributed by atoms with Crippen LogP contribution in [0.2, 0.25) is 0 Å². The lowest BCUT2D eigenvalue weighted by molar-refractivity contribution is -0.138. The maximum Gasteiger partial charge on any atom is 0.303 e. The fraction of sp³-hybridized carbons (Fsp3) is 0.533. The maximum atomic E-state index is 10.8. The summed E-state index contributed by atoms with van der Waals surface area (Å²) in [5.74, 6) is 0.356. The maximum absolute atomic E-state index is 10.8. The fourth-order valence-electron chi connectivity index (χ4n) is 2.69. The van der Waals surface area contributed by atoms with E-state index in [-0.39, 0.29) is 18.4 Å². The van der Waals surface area contributed by atoms with Gasteiger partial charge in [0.05, 0.1) is 6.42 Å². The van der Waals surface area contributed by atoms with E-state index in [1.165, 1.54) is 5.56 Å². The average molecular weight is 248 g/mol. The van der Waals surface area contributed by atoms with Gasteiger partial charge in [-0.3, -0.25) is 4.79 Å². The highest BCUT2D eigenvalue weighted by Gasteiger charge is 2.31. The SMILES string of the molecule is CCc1ccccc1OC1CCCC1CC(=O)O. The number of carboxylic acids is 1. The van der Waals surface area contributed by atoms with Gasteiger partial charge in [0.15, 0.2) is 0 Å². The molecule has 0 bridgehead atoms. The van der Waals surface area contributed by atoms with E-state index in [1.807, 2.05) is 18.2 Å². The zero-order valence-corrected chi connectivity index (χ0v) is 10.8. The zero-order chi connectivity index (χ0) is 13.0. The molecular weight excluding hydrogens is 228 g/mol. The van der Waals surface area contributed by atoms with Crippen LogP contribution < -0.4 is 4.74 Å². The highest BCUT2D eigenvalue weighted by molar-refractivity contribution is 5.67. The highest BCUT2D eigenvalue weighted by atomic mass is 16.5. The quantitative estimate of drug-likeness (QED) is 0.869. The fourth-order valence-corrected chi connectivity index (χ4v) is 2.69. The van der Waals surface area contributed by atoms with Crippen molar-refractivity contribution in [2.45, 2.75) is 45.1 Å². The van der Waals surface area contributed by atoms with E-state index in [9.17, 15) is 4.79 Å². The van der Waals surface area contributed by atoms with Gasteiger partial charge in [0.25, 0.3) is 0 Å². The van der Waals surface area contributed by atoms with Crippen LogP contribution >= 0.6 is 0 Å². The second-order valence-corrected chi connectivity index (χ2v) is 4.91. The van der Waals surface area contributed by atoms with E-state index in [4.69, 9.17) is 9.84 Å². The van der Waals surface area contributed by atoms with Crippen molar-refractivity contribution in [3.05, 3.63) is 29.8 Å². The number of hydrogen-bond donors (Lipinski definition) is 1. The van der Waals surface area contributed by atoms with Gasteiger partial charge in [-0.25, -0.2) is 0 Å². The van der Waals surface area contributed by atoms with Crippen molar-refractivity contribution in [3.63, 3.8) is 0 Å². The molecule has 0 radical (unpaired) electrons. The average Bonchev–Trinajstić information content (AvgIpc) is 2.76. The molecule has 0 saturated heterocycles. The lowest BCUT2D eigenvalue weighted by atomic mass is 10.0. The Kier molecular flexibility index (Phi) is 4.24. The van der Waals surface area contributed by atoms with E-state index in [1.54, 1.807) is 0 Å². The van der Waals surface area contributed by atoms with E-state index < -0.39 is 5.97 Å². The third-order valence-corrected chi connectivity index (χ3v) is 3.66. The first-order chi connectivity index (χ1) is 8.70. The van der Waals surface area contributed by atoms with E-state index in [2.05, 4.69) is 13.0 Å². The van der Waals surface area contributed by atoms with Gasteiger partial charge in [-0.05, 0) is 37.3 Å². The number of rotatable bonds is 5. The van der Waals surface area contributed by atoms with Crippen LogP contribution in [0.4, 0.5) is 0 Å². The topological polar surface area (TPSA) is 46.5 Å². The Labute approximate surface area is 108 Å². The number of aryl methyl sites for hydroxylation is 1. The van der Waals surface area contributed by atoms with Crippen LogP contribution in [0, 0.1) is 5.92 Å². The molecule has 1 fully saturated rings. The minimum Gasteiger partial charge on any atom is -0.490 e. The molecular formula is C15H20O3. The monoisotopic (exact) mass is 248 g/mol. The van der Waals surface area contributed by atoms with Crippen molar-refractivity contribution in [1.82, 2.24) is 0 Å². The first kappa shape index (κ1) is 12.9. The summed E-state index contributed by atoms with van der Waals surface area (Å²) in [6.07, 6.45) is 4.22. The van der Waals surface area contributed by atoms with Gasteiger partial charge in [0.1, 0.15) is 11.9 Å². The molecule has 1 N–H and O–H groups in total. The molecule has 18 heavy (non-hydrogen) atoms. The molecule has 98 valence electrons. The Hall–Kier alpha value is -1.51. The molecule has 2 unspecified atom stereocenters. The number of carboxylic acid groups (broad SMARTS) is 1. The van der Waals surface area contributed by atoms with Crippen LogP contribution in [-0.4, -0.2) is 17.2 Å². The second kappa shape index (κ2) is 5.89. The van der Waals surface area contributed by atoms with Crippen LogP contribution in [0.25, 0.3) is 0 Å². The van der Waals surface area contributed by atoms with Crippen LogP contribution in [0.15, 0.2) is 24.3 Å². The first-order valence-electron chi connectivity index (χ1n) is 6.67. The lowest BCUT2D eigenvalue weighted by Crippen LogP contribution is -2.24. The predicted octanol–water partition coefficient (Wildman–Crippen LogP) is 3.27. The third kappa shape index (κ3) is 3.03. The molecule has 3 heteroatoms. The minimum atomic E-state index is -0.723. The summed E-state index contributed by atoms with van der Waals surface area (Å²) in [7, 11) is 0. The van der Waals surface area contributed by atoms with Gasteiger partial charge in [-0.1, -0.05) is 25.1 Å². The summed E-state index contributed by atoms with van der Waals surface area (Å²) < 4.78 is 6.05. The largest absolute Gasteiger partial charge is 0.490 e. The summed E-state index contributed by atoms with van der Waals surface area (Å²) in [4.78, 5) is 10.8. The molecule has 1 aromatic rings. The van der Waals surface area contributed by atoms with Crippen LogP contribution in [0.5, 0.6) is 5.75 Å². The van der Waals surface area contributed by atoms with Gasteiger partial charge in [0.2, 0.25) is 0 Å². The molecule has 2 atom stereocenters. The molecule has 1 aliphatic rings. The Bertz CT molecular complexity index is 414. The van der Waals surface area contributed by atoms with Crippen LogP contribution in [0.1, 0.15) is 38.2 Å². The Morgan fingerprint density at radius 3 is 2.89 bits per heavy atom. The molecule has 2 rings (SSSR count). The molecule has 0 heterocycles. The van der Waals surface area contributed by atoms with Crippen molar-refractivity contribution in [1.29, 1.82) is 0 Å². The number of ether oxygens (including phenoxy) is 1. The van der Waals surface area contributed by atoms with Crippen LogP contribution in [0.3, 0.4) is 0 Å². The predicted molar refractivity (Wildman–Crippen MR) is 69.8 cm³/mol. The number of carbonyl (C=O) groups is 1. The standard InChI is InChI=1S/C15H20O3/c1-2-11-6-3-4-8-13(11)18-14-9-5-7-12(14)10-15(16)17/h3-4,6,8,12,14H,2,5,7,9-10H2,1H3,(H,16,17). The van der Waals surface area contributed by atoms with Crippen molar-refractivity contribution < 1.29 is 14.6 Å². The second-order valence-electron chi connectivity index (χ2n) is 4.91. The Morgan fingerprint density at radius 1 is 1.39 bits per heavy atom. The normalized spacial score (nSPS) is 22.9. The lowest BCUT2D eigenvalue weighted by Gasteiger charge is -2.21. The molecule has 1 saturated carbocycles. The van der Waals surface area contributed by atoms with E-state index >= 15 is 0 Å². The number of aliphatic carboxylic acids is 1. The number of para-hydroxylation sites is 1. The van der Waals surface area contributed by atoms with Gasteiger partial charge in [-0.2, -0.15) is 0 Å². The minimum absolute atomic E-state index is 0.0637. The molecule has 3 nitrogen and oxygen atoms in total.